The summed E-state index contributed by atoms with van der Waals surface area (Å²) in [5, 5.41) is 6.63. The first-order valence-corrected chi connectivity index (χ1v) is 5.40. The quantitative estimate of drug-likeness (QED) is 0.865. The van der Waals surface area contributed by atoms with Crippen LogP contribution in [0.15, 0.2) is 30.3 Å². The number of aromatic nitrogens is 2. The minimum atomic E-state index is -0.344. The second kappa shape index (κ2) is 4.87. The Kier molecular flexibility index (Phi) is 3.27. The normalized spacial score (nSPS) is 10.3. The second-order valence-corrected chi connectivity index (χ2v) is 3.92. The minimum Gasteiger partial charge on any atom is -0.382 e. The van der Waals surface area contributed by atoms with Crippen LogP contribution in [0, 0.1) is 12.7 Å². The summed E-state index contributed by atoms with van der Waals surface area (Å²) in [6.45, 7) is 1.88. The first kappa shape index (κ1) is 12.1. The number of amides is 1. The lowest BCUT2D eigenvalue weighted by atomic mass is 10.3. The molecule has 94 valence electrons. The molecule has 5 nitrogen and oxygen atoms in total. The van der Waals surface area contributed by atoms with Gasteiger partial charge in [-0.05, 0) is 31.2 Å². The van der Waals surface area contributed by atoms with E-state index >= 15 is 0 Å². The summed E-state index contributed by atoms with van der Waals surface area (Å²) >= 11 is 0. The van der Waals surface area contributed by atoms with E-state index in [2.05, 4.69) is 10.4 Å². The molecule has 1 heterocycles. The molecule has 2 rings (SSSR count). The van der Waals surface area contributed by atoms with Gasteiger partial charge in [0, 0.05) is 17.4 Å². The number of hydrogen-bond acceptors (Lipinski definition) is 3. The number of nitrogens with zero attached hydrogens (tertiary/aromatic N) is 2. The Morgan fingerprint density at radius 2 is 2.11 bits per heavy atom. The number of carbonyl (C=O) groups excluding carboxylic acids is 1. The number of nitrogens with one attached hydrogen (secondary N) is 1. The predicted octanol–water partition coefficient (Wildman–Crippen LogP) is 1.55. The summed E-state index contributed by atoms with van der Waals surface area (Å²) in [5.74, 6) is -0.210. The smallest absolute Gasteiger partial charge is 0.246 e. The molecule has 1 amide bonds. The van der Waals surface area contributed by atoms with E-state index in [4.69, 9.17) is 5.73 Å². The van der Waals surface area contributed by atoms with Crippen molar-refractivity contribution in [1.29, 1.82) is 0 Å². The van der Waals surface area contributed by atoms with E-state index in [1.807, 2.05) is 6.92 Å². The number of nitrogen functional groups attached to an aromatic ring is 1. The van der Waals surface area contributed by atoms with Gasteiger partial charge in [0.1, 0.15) is 18.2 Å². The molecule has 0 unspecified atom stereocenters. The topological polar surface area (TPSA) is 72.9 Å². The van der Waals surface area contributed by atoms with Crippen LogP contribution in [0.4, 0.5) is 15.9 Å². The lowest BCUT2D eigenvalue weighted by molar-refractivity contribution is -0.116. The maximum absolute atomic E-state index is 12.7. The molecule has 1 aromatic heterocycles. The van der Waals surface area contributed by atoms with Gasteiger partial charge in [0.05, 0.1) is 0 Å². The fourth-order valence-electron chi connectivity index (χ4n) is 1.57. The number of anilines is 2. The van der Waals surface area contributed by atoms with Crippen molar-refractivity contribution in [3.8, 4) is 0 Å². The Labute approximate surface area is 103 Å². The Balaban J connectivity index is 2.01. The largest absolute Gasteiger partial charge is 0.382 e. The summed E-state index contributed by atoms with van der Waals surface area (Å²) in [6.07, 6.45) is 0. The van der Waals surface area contributed by atoms with Crippen LogP contribution in [0.25, 0.3) is 0 Å². The van der Waals surface area contributed by atoms with Crippen LogP contribution in [-0.2, 0) is 11.3 Å². The third-order valence-corrected chi connectivity index (χ3v) is 2.42. The maximum Gasteiger partial charge on any atom is 0.246 e. The first-order valence-electron chi connectivity index (χ1n) is 5.40. The number of nitrogens with two attached hydrogens (primary N) is 1. The molecule has 2 aromatic rings. The molecule has 6 heteroatoms. The summed E-state index contributed by atoms with van der Waals surface area (Å²) in [7, 11) is 0. The molecular formula is C12H13FN4O. The lowest BCUT2D eigenvalue weighted by Gasteiger charge is -2.06. The van der Waals surface area contributed by atoms with Gasteiger partial charge >= 0.3 is 0 Å². The zero-order valence-electron chi connectivity index (χ0n) is 9.85. The molecule has 0 radical (unpaired) electrons. The molecule has 0 aliphatic rings. The van der Waals surface area contributed by atoms with Gasteiger partial charge in [-0.3, -0.25) is 9.48 Å². The fraction of sp³-hybridized carbons (Fsp3) is 0.167. The van der Waals surface area contributed by atoms with Crippen LogP contribution < -0.4 is 11.1 Å². The van der Waals surface area contributed by atoms with E-state index < -0.39 is 0 Å². The Hall–Kier alpha value is -2.37. The van der Waals surface area contributed by atoms with Crippen molar-refractivity contribution in [1.82, 2.24) is 9.78 Å². The van der Waals surface area contributed by atoms with E-state index in [-0.39, 0.29) is 18.3 Å². The highest BCUT2D eigenvalue weighted by Crippen LogP contribution is 2.09. The molecule has 0 fully saturated rings. The molecule has 0 saturated heterocycles. The highest BCUT2D eigenvalue weighted by molar-refractivity contribution is 5.90. The molecule has 18 heavy (non-hydrogen) atoms. The fourth-order valence-corrected chi connectivity index (χ4v) is 1.57. The standard InChI is InChI=1S/C12H13FN4O/c1-8-6-11(14)16-17(8)7-12(18)15-10-4-2-9(13)3-5-10/h2-6H,7H2,1H3,(H2,14,16)(H,15,18). The molecule has 1 aromatic carbocycles. The number of rotatable bonds is 3. The van der Waals surface area contributed by atoms with Gasteiger partial charge in [-0.15, -0.1) is 0 Å². The molecule has 0 bridgehead atoms. The number of carbonyl (C=O) groups is 1. The summed E-state index contributed by atoms with van der Waals surface area (Å²) in [6, 6.07) is 7.25. The minimum absolute atomic E-state index is 0.0699. The van der Waals surface area contributed by atoms with Crippen molar-refractivity contribution >= 4 is 17.4 Å². The highest BCUT2D eigenvalue weighted by atomic mass is 19.1. The molecule has 0 aliphatic heterocycles. The summed E-state index contributed by atoms with van der Waals surface area (Å²) in [5.41, 5.74) is 6.87. The van der Waals surface area contributed by atoms with Gasteiger partial charge in [0.15, 0.2) is 0 Å². The van der Waals surface area contributed by atoms with Crippen molar-refractivity contribution in [3.63, 3.8) is 0 Å². The molecule has 0 atom stereocenters. The Morgan fingerprint density at radius 3 is 2.67 bits per heavy atom. The molecule has 0 spiro atoms. The average molecular weight is 248 g/mol. The van der Waals surface area contributed by atoms with E-state index in [1.165, 1.54) is 28.9 Å². The van der Waals surface area contributed by atoms with E-state index in [1.54, 1.807) is 6.07 Å². The number of halogens is 1. The third kappa shape index (κ3) is 2.85. The SMILES string of the molecule is Cc1cc(N)nn1CC(=O)Nc1ccc(F)cc1. The zero-order chi connectivity index (χ0) is 13.1. The van der Waals surface area contributed by atoms with Gasteiger partial charge in [-0.1, -0.05) is 0 Å². The molecular weight excluding hydrogens is 235 g/mol. The van der Waals surface area contributed by atoms with Gasteiger partial charge < -0.3 is 11.1 Å². The van der Waals surface area contributed by atoms with Crippen LogP contribution in [0.5, 0.6) is 0 Å². The summed E-state index contributed by atoms with van der Waals surface area (Å²) in [4.78, 5) is 11.7. The Bertz CT molecular complexity index is 562. The van der Waals surface area contributed by atoms with Crippen LogP contribution >= 0.6 is 0 Å². The van der Waals surface area contributed by atoms with Crippen molar-refractivity contribution in [2.75, 3.05) is 11.1 Å². The predicted molar refractivity (Wildman–Crippen MR) is 66.4 cm³/mol. The average Bonchev–Trinajstić information content (AvgIpc) is 2.61. The summed E-state index contributed by atoms with van der Waals surface area (Å²) < 4.78 is 14.2. The van der Waals surface area contributed by atoms with Crippen LogP contribution in [0.3, 0.4) is 0 Å². The maximum atomic E-state index is 12.7. The number of hydrogen-bond donors (Lipinski definition) is 2. The van der Waals surface area contributed by atoms with Crippen LogP contribution in [0.2, 0.25) is 0 Å². The van der Waals surface area contributed by atoms with Crippen molar-refractivity contribution < 1.29 is 9.18 Å². The van der Waals surface area contributed by atoms with Crippen molar-refractivity contribution in [2.45, 2.75) is 13.5 Å². The van der Waals surface area contributed by atoms with Crippen LogP contribution in [0.1, 0.15) is 5.69 Å². The van der Waals surface area contributed by atoms with Gasteiger partial charge in [0.25, 0.3) is 0 Å². The van der Waals surface area contributed by atoms with E-state index in [0.29, 0.717) is 11.5 Å². The number of benzene rings is 1. The Morgan fingerprint density at radius 1 is 1.44 bits per heavy atom. The highest BCUT2D eigenvalue weighted by Gasteiger charge is 2.07. The van der Waals surface area contributed by atoms with Gasteiger partial charge in [-0.2, -0.15) is 5.10 Å². The number of aryl methyl sites for hydroxylation is 1. The van der Waals surface area contributed by atoms with Crippen molar-refractivity contribution in [2.24, 2.45) is 0 Å². The third-order valence-electron chi connectivity index (χ3n) is 2.42. The van der Waals surface area contributed by atoms with Gasteiger partial charge in [-0.25, -0.2) is 4.39 Å². The van der Waals surface area contributed by atoms with Crippen molar-refractivity contribution in [3.05, 3.63) is 41.8 Å². The van der Waals surface area contributed by atoms with E-state index in [9.17, 15) is 9.18 Å². The lowest BCUT2D eigenvalue weighted by Crippen LogP contribution is -2.20. The van der Waals surface area contributed by atoms with E-state index in [0.717, 1.165) is 5.69 Å². The molecule has 3 N–H and O–H groups in total. The van der Waals surface area contributed by atoms with Gasteiger partial charge in [0.2, 0.25) is 5.91 Å². The molecule has 0 saturated carbocycles. The molecule has 0 aliphatic carbocycles. The second-order valence-electron chi connectivity index (χ2n) is 3.92. The zero-order valence-corrected chi connectivity index (χ0v) is 9.85. The van der Waals surface area contributed by atoms with Crippen LogP contribution in [-0.4, -0.2) is 15.7 Å². The monoisotopic (exact) mass is 248 g/mol. The first-order chi connectivity index (χ1) is 8.54.